The predicted molar refractivity (Wildman–Crippen MR) is 53.7 cm³/mol. The Morgan fingerprint density at radius 1 is 1.43 bits per heavy atom. The third kappa shape index (κ3) is 1.54. The van der Waals surface area contributed by atoms with Gasteiger partial charge in [0.1, 0.15) is 16.7 Å². The summed E-state index contributed by atoms with van der Waals surface area (Å²) < 4.78 is 1.66. The third-order valence-electron chi connectivity index (χ3n) is 1.75. The van der Waals surface area contributed by atoms with Crippen molar-refractivity contribution in [2.24, 2.45) is 7.05 Å². The van der Waals surface area contributed by atoms with Crippen LogP contribution in [0.4, 0.5) is 5.82 Å². The highest BCUT2D eigenvalue weighted by Crippen LogP contribution is 2.22. The van der Waals surface area contributed by atoms with Crippen molar-refractivity contribution in [1.29, 1.82) is 0 Å². The summed E-state index contributed by atoms with van der Waals surface area (Å²) in [6.07, 6.45) is 4.88. The Labute approximate surface area is 85.5 Å². The van der Waals surface area contributed by atoms with E-state index in [2.05, 4.69) is 15.1 Å². The summed E-state index contributed by atoms with van der Waals surface area (Å²) >= 11 is 5.72. The van der Waals surface area contributed by atoms with Crippen molar-refractivity contribution in [3.63, 3.8) is 0 Å². The first kappa shape index (κ1) is 8.96. The van der Waals surface area contributed by atoms with E-state index < -0.39 is 0 Å². The van der Waals surface area contributed by atoms with E-state index in [1.807, 2.05) is 7.05 Å². The average Bonchev–Trinajstić information content (AvgIpc) is 2.56. The molecule has 2 N–H and O–H groups in total. The number of rotatable bonds is 1. The summed E-state index contributed by atoms with van der Waals surface area (Å²) in [5, 5.41) is 4.33. The van der Waals surface area contributed by atoms with Gasteiger partial charge in [-0.3, -0.25) is 4.68 Å². The molecule has 0 aliphatic carbocycles. The van der Waals surface area contributed by atoms with Crippen molar-refractivity contribution < 1.29 is 0 Å². The van der Waals surface area contributed by atoms with Gasteiger partial charge in [0.2, 0.25) is 0 Å². The van der Waals surface area contributed by atoms with Gasteiger partial charge in [0.25, 0.3) is 0 Å². The van der Waals surface area contributed by atoms with Crippen LogP contribution in [-0.4, -0.2) is 19.7 Å². The van der Waals surface area contributed by atoms with Crippen LogP contribution in [0, 0.1) is 0 Å². The second-order valence-electron chi connectivity index (χ2n) is 2.83. The van der Waals surface area contributed by atoms with Crippen molar-refractivity contribution in [3.8, 4) is 11.3 Å². The van der Waals surface area contributed by atoms with Crippen LogP contribution in [0.25, 0.3) is 11.3 Å². The molecule has 2 heterocycles. The number of nitrogens with two attached hydrogens (primary N) is 1. The molecular formula is C8H8ClN5. The second kappa shape index (κ2) is 3.26. The molecule has 0 fully saturated rings. The van der Waals surface area contributed by atoms with Crippen LogP contribution in [0.2, 0.25) is 5.15 Å². The Kier molecular flexibility index (Phi) is 2.09. The van der Waals surface area contributed by atoms with E-state index in [1.165, 1.54) is 6.20 Å². The SMILES string of the molecule is Cn1cc(-c2nc(Cl)cnc2N)cn1. The molecule has 2 aromatic rings. The lowest BCUT2D eigenvalue weighted by molar-refractivity contribution is 0.768. The fraction of sp³-hybridized carbons (Fsp3) is 0.125. The number of hydrogen-bond acceptors (Lipinski definition) is 4. The smallest absolute Gasteiger partial charge is 0.150 e. The van der Waals surface area contributed by atoms with E-state index in [-0.39, 0.29) is 0 Å². The quantitative estimate of drug-likeness (QED) is 0.764. The molecule has 0 unspecified atom stereocenters. The maximum atomic E-state index is 5.72. The van der Waals surface area contributed by atoms with Crippen LogP contribution in [0.1, 0.15) is 0 Å². The van der Waals surface area contributed by atoms with Crippen LogP contribution in [0.3, 0.4) is 0 Å². The average molecular weight is 210 g/mol. The molecule has 0 atom stereocenters. The van der Waals surface area contributed by atoms with E-state index >= 15 is 0 Å². The van der Waals surface area contributed by atoms with Gasteiger partial charge in [0.05, 0.1) is 12.4 Å². The van der Waals surface area contributed by atoms with Gasteiger partial charge >= 0.3 is 0 Å². The van der Waals surface area contributed by atoms with Gasteiger partial charge in [-0.1, -0.05) is 11.6 Å². The number of hydrogen-bond donors (Lipinski definition) is 1. The Morgan fingerprint density at radius 2 is 2.21 bits per heavy atom. The Hall–Kier alpha value is -1.62. The molecule has 2 rings (SSSR count). The van der Waals surface area contributed by atoms with E-state index in [1.54, 1.807) is 17.1 Å². The number of anilines is 1. The van der Waals surface area contributed by atoms with Gasteiger partial charge in [-0.15, -0.1) is 0 Å². The molecule has 0 amide bonds. The zero-order valence-corrected chi connectivity index (χ0v) is 8.23. The van der Waals surface area contributed by atoms with E-state index in [4.69, 9.17) is 17.3 Å². The number of nitrogen functional groups attached to an aromatic ring is 1. The van der Waals surface area contributed by atoms with Crippen molar-refractivity contribution in [2.45, 2.75) is 0 Å². The highest BCUT2D eigenvalue weighted by atomic mass is 35.5. The van der Waals surface area contributed by atoms with Crippen LogP contribution in [0.15, 0.2) is 18.6 Å². The van der Waals surface area contributed by atoms with Crippen LogP contribution < -0.4 is 5.73 Å². The fourth-order valence-electron chi connectivity index (χ4n) is 1.13. The number of aryl methyl sites for hydroxylation is 1. The summed E-state index contributed by atoms with van der Waals surface area (Å²) in [5.74, 6) is 0.349. The van der Waals surface area contributed by atoms with Crippen molar-refractivity contribution in [3.05, 3.63) is 23.7 Å². The molecule has 6 heteroatoms. The summed E-state index contributed by atoms with van der Waals surface area (Å²) in [4.78, 5) is 7.99. The van der Waals surface area contributed by atoms with Crippen molar-refractivity contribution >= 4 is 17.4 Å². The molecule has 0 saturated carbocycles. The van der Waals surface area contributed by atoms with E-state index in [9.17, 15) is 0 Å². The molecule has 5 nitrogen and oxygen atoms in total. The van der Waals surface area contributed by atoms with Gasteiger partial charge in [-0.2, -0.15) is 5.10 Å². The number of nitrogens with zero attached hydrogens (tertiary/aromatic N) is 4. The lowest BCUT2D eigenvalue weighted by Crippen LogP contribution is -1.96. The number of aromatic nitrogens is 4. The standard InChI is InChI=1S/C8H8ClN5/c1-14-4-5(2-12-14)7-8(10)11-3-6(9)13-7/h2-4H,1H3,(H2,10,11). The molecule has 0 aromatic carbocycles. The lowest BCUT2D eigenvalue weighted by Gasteiger charge is -2.00. The predicted octanol–water partition coefficient (Wildman–Crippen LogP) is 1.11. The molecule has 0 saturated heterocycles. The first-order valence-electron chi connectivity index (χ1n) is 3.94. The molecule has 0 aliphatic heterocycles. The minimum absolute atomic E-state index is 0.318. The minimum Gasteiger partial charge on any atom is -0.382 e. The topological polar surface area (TPSA) is 69.6 Å². The summed E-state index contributed by atoms with van der Waals surface area (Å²) in [7, 11) is 1.82. The Bertz CT molecular complexity index is 465. The Balaban J connectivity index is 2.55. The summed E-state index contributed by atoms with van der Waals surface area (Å²) in [6.45, 7) is 0. The lowest BCUT2D eigenvalue weighted by atomic mass is 10.2. The normalized spacial score (nSPS) is 10.4. The van der Waals surface area contributed by atoms with Gasteiger partial charge in [0, 0.05) is 18.8 Å². The molecule has 0 aliphatic rings. The van der Waals surface area contributed by atoms with E-state index in [0.29, 0.717) is 16.7 Å². The second-order valence-corrected chi connectivity index (χ2v) is 3.22. The largest absolute Gasteiger partial charge is 0.382 e. The monoisotopic (exact) mass is 209 g/mol. The molecule has 0 bridgehead atoms. The molecule has 72 valence electrons. The van der Waals surface area contributed by atoms with Gasteiger partial charge < -0.3 is 5.73 Å². The maximum absolute atomic E-state index is 5.72. The molecule has 14 heavy (non-hydrogen) atoms. The van der Waals surface area contributed by atoms with Gasteiger partial charge in [0.15, 0.2) is 0 Å². The van der Waals surface area contributed by atoms with Crippen molar-refractivity contribution in [1.82, 2.24) is 19.7 Å². The van der Waals surface area contributed by atoms with Gasteiger partial charge in [-0.05, 0) is 0 Å². The van der Waals surface area contributed by atoms with Crippen LogP contribution >= 0.6 is 11.6 Å². The highest BCUT2D eigenvalue weighted by molar-refractivity contribution is 6.29. The van der Waals surface area contributed by atoms with Crippen molar-refractivity contribution in [2.75, 3.05) is 5.73 Å². The van der Waals surface area contributed by atoms with Crippen LogP contribution in [0.5, 0.6) is 0 Å². The summed E-state index contributed by atoms with van der Waals surface area (Å²) in [5.41, 5.74) is 7.03. The highest BCUT2D eigenvalue weighted by Gasteiger charge is 2.08. The zero-order chi connectivity index (χ0) is 10.1. The van der Waals surface area contributed by atoms with E-state index in [0.717, 1.165) is 5.56 Å². The first-order valence-corrected chi connectivity index (χ1v) is 4.31. The number of halogens is 1. The Morgan fingerprint density at radius 3 is 2.86 bits per heavy atom. The third-order valence-corrected chi connectivity index (χ3v) is 1.93. The molecular weight excluding hydrogens is 202 g/mol. The maximum Gasteiger partial charge on any atom is 0.150 e. The van der Waals surface area contributed by atoms with Gasteiger partial charge in [-0.25, -0.2) is 9.97 Å². The summed E-state index contributed by atoms with van der Waals surface area (Å²) in [6, 6.07) is 0. The zero-order valence-electron chi connectivity index (χ0n) is 7.48. The molecule has 0 radical (unpaired) electrons. The molecule has 0 spiro atoms. The fourth-order valence-corrected chi connectivity index (χ4v) is 1.27. The minimum atomic E-state index is 0.318. The molecule has 2 aromatic heterocycles. The van der Waals surface area contributed by atoms with Crippen LogP contribution in [-0.2, 0) is 7.05 Å². The first-order chi connectivity index (χ1) is 6.66.